The molecule has 0 saturated carbocycles. The number of hydrogen-bond donors (Lipinski definition) is 1. The molecule has 0 amide bonds. The van der Waals surface area contributed by atoms with Crippen molar-refractivity contribution in [2.45, 2.75) is 19.8 Å². The van der Waals surface area contributed by atoms with Gasteiger partial charge in [-0.25, -0.2) is 0 Å². The molecule has 6 heteroatoms. The van der Waals surface area contributed by atoms with Crippen molar-refractivity contribution < 1.29 is 14.1 Å². The monoisotopic (exact) mass is 439 g/mol. The van der Waals surface area contributed by atoms with Gasteiger partial charge in [0.25, 0.3) is 0 Å². The molecule has 1 aliphatic heterocycles. The fourth-order valence-corrected chi connectivity index (χ4v) is 5.15. The lowest BCUT2D eigenvalue weighted by Crippen LogP contribution is -2.34. The number of hydrogen-bond acceptors (Lipinski definition) is 6. The van der Waals surface area contributed by atoms with Gasteiger partial charge in [0.05, 0.1) is 29.4 Å². The van der Waals surface area contributed by atoms with Crippen LogP contribution in [0.15, 0.2) is 59.1 Å². The Hall–Kier alpha value is -3.80. The molecular formula is C27H25N3O3. The molecule has 1 saturated heterocycles. The molecule has 0 radical (unpaired) electrons. The van der Waals surface area contributed by atoms with Crippen molar-refractivity contribution in [1.29, 1.82) is 0 Å². The van der Waals surface area contributed by atoms with E-state index in [1.807, 2.05) is 48.5 Å². The first-order chi connectivity index (χ1) is 16.1. The van der Waals surface area contributed by atoms with E-state index in [2.05, 4.69) is 28.4 Å². The molecule has 0 spiro atoms. The second-order valence-electron chi connectivity index (χ2n) is 8.98. The Morgan fingerprint density at radius 2 is 1.97 bits per heavy atom. The molecule has 4 aromatic rings. The number of ketones is 1. The molecule has 33 heavy (non-hydrogen) atoms. The van der Waals surface area contributed by atoms with Crippen LogP contribution in [0, 0.1) is 5.92 Å². The van der Waals surface area contributed by atoms with Crippen molar-refractivity contribution in [2.75, 3.05) is 30.4 Å². The molecule has 1 fully saturated rings. The number of carbonyl (C=O) groups is 1. The first-order valence-corrected chi connectivity index (χ1v) is 11.4. The van der Waals surface area contributed by atoms with Crippen molar-refractivity contribution in [2.24, 2.45) is 5.92 Å². The summed E-state index contributed by atoms with van der Waals surface area (Å²) in [6, 6.07) is 17.4. The van der Waals surface area contributed by atoms with Gasteiger partial charge in [-0.3, -0.25) is 4.79 Å². The zero-order valence-electron chi connectivity index (χ0n) is 18.7. The van der Waals surface area contributed by atoms with Crippen molar-refractivity contribution in [3.63, 3.8) is 0 Å². The van der Waals surface area contributed by atoms with E-state index in [1.54, 1.807) is 7.11 Å². The van der Waals surface area contributed by atoms with Crippen molar-refractivity contribution in [3.05, 3.63) is 65.7 Å². The van der Waals surface area contributed by atoms with Gasteiger partial charge < -0.3 is 19.5 Å². The van der Waals surface area contributed by atoms with Crippen LogP contribution in [0.1, 0.15) is 35.7 Å². The van der Waals surface area contributed by atoms with Crippen molar-refractivity contribution >= 4 is 33.7 Å². The quantitative estimate of drug-likeness (QED) is 0.369. The average molecular weight is 440 g/mol. The van der Waals surface area contributed by atoms with Crippen LogP contribution < -0.4 is 15.0 Å². The zero-order chi connectivity index (χ0) is 22.5. The number of nitrogens with one attached hydrogen (secondary N) is 1. The molecule has 3 aromatic carbocycles. The van der Waals surface area contributed by atoms with Crippen molar-refractivity contribution in [3.8, 4) is 17.1 Å². The number of carbonyl (C=O) groups excluding carboxylic acids is 1. The van der Waals surface area contributed by atoms with E-state index in [0.717, 1.165) is 58.8 Å². The van der Waals surface area contributed by atoms with Gasteiger partial charge in [0.2, 0.25) is 0 Å². The third kappa shape index (κ3) is 3.17. The Bertz CT molecular complexity index is 1390. The number of anilines is 3. The number of rotatable bonds is 4. The predicted molar refractivity (Wildman–Crippen MR) is 130 cm³/mol. The summed E-state index contributed by atoms with van der Waals surface area (Å²) >= 11 is 0. The SMILES string of the molecule is COc1cccc(Nc2cc(N3CCC[C@@H](C)C3)c3noc4c3c2C(=O)c2ccccc2-4)c1. The van der Waals surface area contributed by atoms with E-state index in [9.17, 15) is 4.79 Å². The minimum atomic E-state index is -0.0183. The fraction of sp³-hybridized carbons (Fsp3) is 0.259. The van der Waals surface area contributed by atoms with Gasteiger partial charge in [0.15, 0.2) is 11.5 Å². The van der Waals surface area contributed by atoms with Crippen molar-refractivity contribution in [1.82, 2.24) is 5.16 Å². The number of aromatic nitrogens is 1. The van der Waals surface area contributed by atoms with Gasteiger partial charge in [-0.05, 0) is 37.0 Å². The van der Waals surface area contributed by atoms with Gasteiger partial charge in [-0.15, -0.1) is 0 Å². The van der Waals surface area contributed by atoms with Crippen LogP contribution in [0.5, 0.6) is 5.75 Å². The molecule has 0 unspecified atom stereocenters. The van der Waals surface area contributed by atoms with Gasteiger partial charge in [-0.2, -0.15) is 0 Å². The molecular weight excluding hydrogens is 414 g/mol. The highest BCUT2D eigenvalue weighted by Gasteiger charge is 2.34. The summed E-state index contributed by atoms with van der Waals surface area (Å²) in [5, 5.41) is 8.77. The first-order valence-electron chi connectivity index (χ1n) is 11.4. The second kappa shape index (κ2) is 7.66. The maximum atomic E-state index is 13.7. The normalized spacial score (nSPS) is 17.2. The largest absolute Gasteiger partial charge is 0.497 e. The molecule has 0 bridgehead atoms. The van der Waals surface area contributed by atoms with Crippen LogP contribution in [0.3, 0.4) is 0 Å². The number of ether oxygens (including phenoxy) is 1. The Balaban J connectivity index is 1.59. The standard InChI is InChI=1S/C27H25N3O3/c1-16-7-6-12-30(15-16)22-14-21(28-17-8-5-9-18(13-17)32-2)23-24-25(22)29-33-27(24)20-11-4-3-10-19(20)26(23)31/h3-5,8-11,13-14,16,28H,6-7,12,15H2,1-2H3/t16-/m1/s1. The highest BCUT2D eigenvalue weighted by Crippen LogP contribution is 2.46. The van der Waals surface area contributed by atoms with Crippen LogP contribution >= 0.6 is 0 Å². The van der Waals surface area contributed by atoms with E-state index in [1.165, 1.54) is 6.42 Å². The topological polar surface area (TPSA) is 67.6 Å². The number of methoxy groups -OCH3 is 1. The molecule has 1 N–H and O–H groups in total. The molecule has 1 aromatic heterocycles. The lowest BCUT2D eigenvalue weighted by molar-refractivity contribution is 0.104. The summed E-state index contributed by atoms with van der Waals surface area (Å²) in [6.07, 6.45) is 2.36. The fourth-order valence-electron chi connectivity index (χ4n) is 5.15. The molecule has 1 aliphatic carbocycles. The smallest absolute Gasteiger partial charge is 0.196 e. The number of fused-ring (bicyclic) bond motifs is 2. The van der Waals surface area contributed by atoms with E-state index < -0.39 is 0 Å². The highest BCUT2D eigenvalue weighted by atomic mass is 16.5. The summed E-state index contributed by atoms with van der Waals surface area (Å²) in [7, 11) is 1.65. The van der Waals surface area contributed by atoms with Crippen LogP contribution in [0.4, 0.5) is 17.1 Å². The summed E-state index contributed by atoms with van der Waals surface area (Å²) in [4.78, 5) is 16.1. The van der Waals surface area contributed by atoms with Gasteiger partial charge in [0.1, 0.15) is 11.3 Å². The first kappa shape index (κ1) is 19.9. The van der Waals surface area contributed by atoms with Gasteiger partial charge >= 0.3 is 0 Å². The van der Waals surface area contributed by atoms with Crippen LogP contribution in [-0.2, 0) is 0 Å². The Morgan fingerprint density at radius 1 is 1.12 bits per heavy atom. The summed E-state index contributed by atoms with van der Waals surface area (Å²) in [6.45, 7) is 4.20. The Kier molecular flexibility index (Phi) is 4.61. The minimum absolute atomic E-state index is 0.0183. The molecule has 2 heterocycles. The van der Waals surface area contributed by atoms with Crippen LogP contribution in [0.25, 0.3) is 22.2 Å². The maximum absolute atomic E-state index is 13.7. The minimum Gasteiger partial charge on any atom is -0.497 e. The average Bonchev–Trinajstić information content (AvgIpc) is 3.28. The zero-order valence-corrected chi connectivity index (χ0v) is 18.7. The molecule has 1 atom stereocenters. The molecule has 6 nitrogen and oxygen atoms in total. The second-order valence-corrected chi connectivity index (χ2v) is 8.98. The van der Waals surface area contributed by atoms with E-state index in [-0.39, 0.29) is 5.78 Å². The number of nitrogens with zero attached hydrogens (tertiary/aromatic N) is 2. The third-order valence-corrected chi connectivity index (χ3v) is 6.72. The predicted octanol–water partition coefficient (Wildman–Crippen LogP) is 6.03. The maximum Gasteiger partial charge on any atom is 0.196 e. The third-order valence-electron chi connectivity index (χ3n) is 6.72. The van der Waals surface area contributed by atoms with E-state index in [4.69, 9.17) is 9.26 Å². The number of piperidine rings is 1. The van der Waals surface area contributed by atoms with E-state index in [0.29, 0.717) is 22.8 Å². The molecule has 166 valence electrons. The summed E-state index contributed by atoms with van der Waals surface area (Å²) < 4.78 is 11.3. The Labute approximate surface area is 192 Å². The summed E-state index contributed by atoms with van der Waals surface area (Å²) in [5.74, 6) is 2.00. The lowest BCUT2D eigenvalue weighted by Gasteiger charge is -2.33. The van der Waals surface area contributed by atoms with E-state index >= 15 is 0 Å². The van der Waals surface area contributed by atoms with Crippen LogP contribution in [0.2, 0.25) is 0 Å². The van der Waals surface area contributed by atoms with Gasteiger partial charge in [-0.1, -0.05) is 42.4 Å². The highest BCUT2D eigenvalue weighted by molar-refractivity contribution is 6.28. The lowest BCUT2D eigenvalue weighted by atomic mass is 9.86. The van der Waals surface area contributed by atoms with Crippen LogP contribution in [-0.4, -0.2) is 31.1 Å². The number of benzene rings is 3. The van der Waals surface area contributed by atoms with Gasteiger partial charge in [0, 0.05) is 36.0 Å². The summed E-state index contributed by atoms with van der Waals surface area (Å²) in [5.41, 5.74) is 5.42. The molecule has 2 aliphatic rings. The Morgan fingerprint density at radius 3 is 2.79 bits per heavy atom. The molecule has 6 rings (SSSR count).